The lowest BCUT2D eigenvalue weighted by Gasteiger charge is -2.45. The van der Waals surface area contributed by atoms with Gasteiger partial charge in [-0.05, 0) is 31.3 Å². The summed E-state index contributed by atoms with van der Waals surface area (Å²) < 4.78 is 28.6. The molecule has 170 valence electrons. The van der Waals surface area contributed by atoms with Gasteiger partial charge >= 0.3 is 12.0 Å². The van der Waals surface area contributed by atoms with Crippen molar-refractivity contribution in [2.24, 2.45) is 5.92 Å². The van der Waals surface area contributed by atoms with Crippen LogP contribution in [0.5, 0.6) is 0 Å². The molecule has 10 heteroatoms. The molecule has 1 aromatic heterocycles. The van der Waals surface area contributed by atoms with E-state index >= 15 is 0 Å². The Morgan fingerprint density at radius 1 is 1.31 bits per heavy atom. The molecule has 4 rings (SSSR count). The van der Waals surface area contributed by atoms with Crippen LogP contribution in [-0.2, 0) is 25.9 Å². The number of carbonyl (C=O) groups excluding carboxylic acids is 1. The van der Waals surface area contributed by atoms with Crippen molar-refractivity contribution in [3.63, 3.8) is 0 Å². The van der Waals surface area contributed by atoms with Gasteiger partial charge in [-0.1, -0.05) is 11.8 Å². The number of fused-ring (bicyclic) bond motifs is 1. The number of carbonyl (C=O) groups is 2. The number of carboxylic acids is 1. The Balaban J connectivity index is 1.32. The molecule has 3 aliphatic rings. The van der Waals surface area contributed by atoms with E-state index in [-0.39, 0.29) is 25.5 Å². The molecule has 0 aromatic carbocycles. The number of aliphatic carboxylic acids is 1. The average Bonchev–Trinajstić information content (AvgIpc) is 3.16. The van der Waals surface area contributed by atoms with Crippen LogP contribution in [-0.4, -0.2) is 89.8 Å². The first-order valence-electron chi connectivity index (χ1n) is 10.4. The Hall–Kier alpha value is -2.79. The number of hydrogen-bond acceptors (Lipinski definition) is 6. The second-order valence-corrected chi connectivity index (χ2v) is 11.2. The molecule has 3 aliphatic heterocycles. The van der Waals surface area contributed by atoms with Gasteiger partial charge in [0.1, 0.15) is 0 Å². The summed E-state index contributed by atoms with van der Waals surface area (Å²) in [5.74, 6) is 10.8. The van der Waals surface area contributed by atoms with Gasteiger partial charge in [0.05, 0.1) is 25.8 Å². The van der Waals surface area contributed by atoms with Gasteiger partial charge in [0.25, 0.3) is 0 Å². The van der Waals surface area contributed by atoms with E-state index in [1.165, 1.54) is 16.4 Å². The van der Waals surface area contributed by atoms with Gasteiger partial charge in [-0.3, -0.25) is 14.3 Å². The van der Waals surface area contributed by atoms with Gasteiger partial charge in [0.15, 0.2) is 14.6 Å². The van der Waals surface area contributed by atoms with E-state index < -0.39 is 20.6 Å². The number of aromatic nitrogens is 1. The first-order chi connectivity index (χ1) is 15.1. The molecule has 4 heterocycles. The second kappa shape index (κ2) is 8.28. The fraction of sp³-hybridized carbons (Fsp3) is 0.545. The molecule has 1 atom stereocenters. The van der Waals surface area contributed by atoms with Gasteiger partial charge in [0.2, 0.25) is 0 Å². The molecule has 0 bridgehead atoms. The van der Waals surface area contributed by atoms with Crippen LogP contribution in [0.4, 0.5) is 4.79 Å². The van der Waals surface area contributed by atoms with E-state index in [4.69, 9.17) is 4.74 Å². The monoisotopic (exact) mass is 459 g/mol. The van der Waals surface area contributed by atoms with Crippen LogP contribution in [0.2, 0.25) is 0 Å². The topological polar surface area (TPSA) is 109 Å². The second-order valence-electron chi connectivity index (χ2n) is 8.71. The number of ether oxygens (including phenoxy) is 1. The lowest BCUT2D eigenvalue weighted by molar-refractivity contribution is -0.139. The maximum absolute atomic E-state index is 12.6. The predicted molar refractivity (Wildman–Crippen MR) is 115 cm³/mol. The third kappa shape index (κ3) is 4.14. The fourth-order valence-corrected chi connectivity index (χ4v) is 4.62. The number of hydrogen-bond donors (Lipinski definition) is 1. The number of nitrogens with zero attached hydrogens (tertiary/aromatic N) is 3. The minimum absolute atomic E-state index is 0.0221. The first-order valence-corrected chi connectivity index (χ1v) is 12.2. The minimum Gasteiger partial charge on any atom is -0.480 e. The minimum atomic E-state index is -3.84. The van der Waals surface area contributed by atoms with E-state index in [0.29, 0.717) is 17.5 Å². The molecule has 2 saturated heterocycles. The van der Waals surface area contributed by atoms with Crippen LogP contribution in [0.3, 0.4) is 0 Å². The van der Waals surface area contributed by atoms with Crippen molar-refractivity contribution < 1.29 is 27.9 Å². The molecule has 2 fully saturated rings. The first kappa shape index (κ1) is 22.4. The third-order valence-electron chi connectivity index (χ3n) is 6.45. The Morgan fingerprint density at radius 3 is 2.59 bits per heavy atom. The van der Waals surface area contributed by atoms with Crippen molar-refractivity contribution in [3.05, 3.63) is 23.5 Å². The summed E-state index contributed by atoms with van der Waals surface area (Å²) in [6, 6.07) is 2.01. The van der Waals surface area contributed by atoms with Crippen molar-refractivity contribution in [1.29, 1.82) is 0 Å². The van der Waals surface area contributed by atoms with Crippen molar-refractivity contribution in [2.45, 2.75) is 30.7 Å². The van der Waals surface area contributed by atoms with Crippen molar-refractivity contribution in [2.75, 3.05) is 39.1 Å². The normalized spacial score (nSPS) is 20.8. The zero-order valence-corrected chi connectivity index (χ0v) is 18.8. The molecule has 0 radical (unpaired) electrons. The summed E-state index contributed by atoms with van der Waals surface area (Å²) >= 11 is 0. The highest BCUT2D eigenvalue weighted by Crippen LogP contribution is 2.25. The fourth-order valence-electron chi connectivity index (χ4n) is 3.84. The standard InChI is InChI=1S/C22H25N3O6S/c1-22(20(26)27,32(2,29)30)7-8-23-13-18-9-16(12-25(18)21(23)28)5-3-4-6-17-10-24(11-17)19-14-31-15-19/h9,12,17,19H,7-8,10-11,13-15H2,1-2H3,(H,26,27)/t22-/m1/s1. The SMILES string of the molecule is C[C@@](CCN1Cc2cc(C#CC#CC3CN(C4COC4)C3)cn2C1=O)(C(=O)O)S(C)(=O)=O. The Kier molecular flexibility index (Phi) is 5.80. The quantitative estimate of drug-likeness (QED) is 0.607. The number of amides is 1. The van der Waals surface area contributed by atoms with Gasteiger partial charge in [-0.2, -0.15) is 0 Å². The molecule has 9 nitrogen and oxygen atoms in total. The molecular weight excluding hydrogens is 434 g/mol. The summed E-state index contributed by atoms with van der Waals surface area (Å²) in [6.45, 7) is 4.99. The Labute approximate surface area is 187 Å². The van der Waals surface area contributed by atoms with E-state index in [2.05, 4.69) is 28.6 Å². The highest BCUT2D eigenvalue weighted by Gasteiger charge is 2.44. The summed E-state index contributed by atoms with van der Waals surface area (Å²) in [5.41, 5.74) is 1.40. The predicted octanol–water partition coefficient (Wildman–Crippen LogP) is 0.235. The summed E-state index contributed by atoms with van der Waals surface area (Å²) in [4.78, 5) is 27.9. The molecule has 32 heavy (non-hydrogen) atoms. The molecule has 1 N–H and O–H groups in total. The lowest BCUT2D eigenvalue weighted by Crippen LogP contribution is -2.58. The number of likely N-dealkylation sites (tertiary alicyclic amines) is 1. The molecule has 0 spiro atoms. The molecule has 0 aliphatic carbocycles. The number of rotatable bonds is 6. The third-order valence-corrected chi connectivity index (χ3v) is 8.47. The molecule has 0 saturated carbocycles. The van der Waals surface area contributed by atoms with Crippen molar-refractivity contribution in [3.8, 4) is 23.7 Å². The zero-order valence-electron chi connectivity index (χ0n) is 18.0. The van der Waals surface area contributed by atoms with Crippen LogP contribution in [0.1, 0.15) is 24.6 Å². The summed E-state index contributed by atoms with van der Waals surface area (Å²) in [6.07, 6.45) is 2.34. The van der Waals surface area contributed by atoms with Crippen LogP contribution in [0.15, 0.2) is 12.3 Å². The largest absolute Gasteiger partial charge is 0.480 e. The van der Waals surface area contributed by atoms with Crippen LogP contribution < -0.4 is 0 Å². The summed E-state index contributed by atoms with van der Waals surface area (Å²) in [7, 11) is -3.84. The van der Waals surface area contributed by atoms with Crippen LogP contribution >= 0.6 is 0 Å². The van der Waals surface area contributed by atoms with E-state index in [1.54, 1.807) is 12.3 Å². The highest BCUT2D eigenvalue weighted by atomic mass is 32.2. The molecule has 1 amide bonds. The smallest absolute Gasteiger partial charge is 0.328 e. The lowest BCUT2D eigenvalue weighted by atomic mass is 9.97. The maximum atomic E-state index is 12.6. The molecular formula is C22H25N3O6S. The Morgan fingerprint density at radius 2 is 2.03 bits per heavy atom. The maximum Gasteiger partial charge on any atom is 0.328 e. The van der Waals surface area contributed by atoms with Crippen LogP contribution in [0, 0.1) is 29.6 Å². The molecule has 0 unspecified atom stereocenters. The average molecular weight is 460 g/mol. The van der Waals surface area contributed by atoms with Gasteiger partial charge < -0.3 is 14.7 Å². The zero-order chi connectivity index (χ0) is 23.1. The summed E-state index contributed by atoms with van der Waals surface area (Å²) in [5, 5.41) is 9.36. The van der Waals surface area contributed by atoms with Gasteiger partial charge in [-0.25, -0.2) is 13.2 Å². The van der Waals surface area contributed by atoms with E-state index in [9.17, 15) is 23.1 Å². The number of sulfone groups is 1. The van der Waals surface area contributed by atoms with E-state index in [1.807, 2.05) is 0 Å². The molecule has 1 aromatic rings. The van der Waals surface area contributed by atoms with Crippen molar-refractivity contribution >= 4 is 21.8 Å². The van der Waals surface area contributed by atoms with Gasteiger partial charge in [-0.15, -0.1) is 0 Å². The van der Waals surface area contributed by atoms with Crippen molar-refractivity contribution in [1.82, 2.24) is 14.4 Å². The van der Waals surface area contributed by atoms with Crippen LogP contribution in [0.25, 0.3) is 0 Å². The van der Waals surface area contributed by atoms with Gasteiger partial charge in [0, 0.05) is 49.3 Å². The Bertz CT molecular complexity index is 1170. The highest BCUT2D eigenvalue weighted by molar-refractivity contribution is 7.92. The van der Waals surface area contributed by atoms with E-state index in [0.717, 1.165) is 38.3 Å². The number of carboxylic acid groups (broad SMARTS) is 1.